The molecule has 1 atom stereocenters. The number of aryl methyl sites for hydroxylation is 1. The minimum atomic E-state index is -0.240. The summed E-state index contributed by atoms with van der Waals surface area (Å²) < 4.78 is 0. The van der Waals surface area contributed by atoms with Gasteiger partial charge in [0.15, 0.2) is 0 Å². The van der Waals surface area contributed by atoms with Crippen LogP contribution in [0.2, 0.25) is 0 Å². The average Bonchev–Trinajstić information content (AvgIpc) is 3.06. The van der Waals surface area contributed by atoms with Gasteiger partial charge in [-0.25, -0.2) is 4.98 Å². The molecule has 26 heavy (non-hydrogen) atoms. The van der Waals surface area contributed by atoms with Crippen molar-refractivity contribution < 1.29 is 4.79 Å². The normalized spacial score (nSPS) is 17.1. The molecular weight excluding hydrogens is 328 g/mol. The Balaban J connectivity index is 1.72. The maximum Gasteiger partial charge on any atom is 0.255 e. The van der Waals surface area contributed by atoms with Crippen molar-refractivity contribution in [1.82, 2.24) is 19.9 Å². The van der Waals surface area contributed by atoms with E-state index in [-0.39, 0.29) is 17.9 Å². The van der Waals surface area contributed by atoms with Crippen molar-refractivity contribution in [2.45, 2.75) is 40.0 Å². The van der Waals surface area contributed by atoms with Gasteiger partial charge in [-0.3, -0.25) is 14.6 Å². The smallest absolute Gasteiger partial charge is 0.255 e. The summed E-state index contributed by atoms with van der Waals surface area (Å²) in [4.78, 5) is 38.3. The molecule has 1 amide bonds. The zero-order chi connectivity index (χ0) is 18.7. The number of hydrogen-bond donors (Lipinski definition) is 1. The first-order valence-corrected chi connectivity index (χ1v) is 9.22. The van der Waals surface area contributed by atoms with Crippen molar-refractivity contribution in [1.29, 1.82) is 0 Å². The predicted molar refractivity (Wildman–Crippen MR) is 101 cm³/mol. The maximum absolute atomic E-state index is 12.6. The summed E-state index contributed by atoms with van der Waals surface area (Å²) in [5, 5.41) is 0. The fourth-order valence-electron chi connectivity index (χ4n) is 3.65. The Bertz CT molecular complexity index is 829. The highest BCUT2D eigenvalue weighted by atomic mass is 16.2. The van der Waals surface area contributed by atoms with Gasteiger partial charge >= 0.3 is 0 Å². The van der Waals surface area contributed by atoms with Crippen LogP contribution in [0.3, 0.4) is 0 Å². The van der Waals surface area contributed by atoms with Crippen molar-refractivity contribution in [2.24, 2.45) is 11.8 Å². The SMILES string of the molecule is Cc1nc(-c2ccncc2)[nH]c(=O)c1CC(=O)N1CCC(CC(C)C)C1. The molecule has 0 radical (unpaired) electrons. The maximum atomic E-state index is 12.6. The van der Waals surface area contributed by atoms with E-state index in [1.807, 2.05) is 4.90 Å². The minimum Gasteiger partial charge on any atom is -0.342 e. The van der Waals surface area contributed by atoms with E-state index in [1.54, 1.807) is 31.5 Å². The predicted octanol–water partition coefficient (Wildman–Crippen LogP) is 2.58. The number of H-pyrrole nitrogens is 1. The number of rotatable bonds is 5. The topological polar surface area (TPSA) is 79.0 Å². The van der Waals surface area contributed by atoms with Gasteiger partial charge in [0.2, 0.25) is 5.91 Å². The molecule has 0 aromatic carbocycles. The zero-order valence-corrected chi connectivity index (χ0v) is 15.7. The van der Waals surface area contributed by atoms with E-state index in [9.17, 15) is 9.59 Å². The molecule has 1 unspecified atom stereocenters. The van der Waals surface area contributed by atoms with Crippen molar-refractivity contribution >= 4 is 5.91 Å². The fraction of sp³-hybridized carbons (Fsp3) is 0.500. The fourth-order valence-corrected chi connectivity index (χ4v) is 3.65. The molecule has 6 heteroatoms. The lowest BCUT2D eigenvalue weighted by molar-refractivity contribution is -0.129. The van der Waals surface area contributed by atoms with E-state index >= 15 is 0 Å². The van der Waals surface area contributed by atoms with Crippen LogP contribution in [0.15, 0.2) is 29.3 Å². The van der Waals surface area contributed by atoms with E-state index in [2.05, 4.69) is 28.8 Å². The standard InChI is InChI=1S/C20H26N4O2/c1-13(2)10-15-6-9-24(12-15)18(25)11-17-14(3)22-19(23-20(17)26)16-4-7-21-8-5-16/h4-5,7-8,13,15H,6,9-12H2,1-3H3,(H,22,23,26). The van der Waals surface area contributed by atoms with E-state index in [0.29, 0.717) is 28.9 Å². The van der Waals surface area contributed by atoms with Crippen molar-refractivity contribution in [3.05, 3.63) is 46.1 Å². The minimum absolute atomic E-state index is 0.0170. The Labute approximate surface area is 153 Å². The second-order valence-electron chi connectivity index (χ2n) is 7.52. The molecule has 1 aliphatic rings. The summed E-state index contributed by atoms with van der Waals surface area (Å²) >= 11 is 0. The summed E-state index contributed by atoms with van der Waals surface area (Å²) in [6, 6.07) is 3.59. The van der Waals surface area contributed by atoms with Crippen LogP contribution in [0.4, 0.5) is 0 Å². The molecule has 2 aromatic rings. The Morgan fingerprint density at radius 3 is 2.73 bits per heavy atom. The summed E-state index contributed by atoms with van der Waals surface area (Å²) in [5.74, 6) is 1.74. The van der Waals surface area contributed by atoms with Gasteiger partial charge in [0.25, 0.3) is 5.56 Å². The van der Waals surface area contributed by atoms with Crippen LogP contribution in [-0.2, 0) is 11.2 Å². The Hall–Kier alpha value is -2.50. The Morgan fingerprint density at radius 2 is 2.08 bits per heavy atom. The van der Waals surface area contributed by atoms with Gasteiger partial charge in [0.05, 0.1) is 6.42 Å². The number of aromatic amines is 1. The van der Waals surface area contributed by atoms with E-state index in [0.717, 1.165) is 31.5 Å². The van der Waals surface area contributed by atoms with Gasteiger partial charge in [0.1, 0.15) is 5.82 Å². The molecule has 3 rings (SSSR count). The Morgan fingerprint density at radius 1 is 1.35 bits per heavy atom. The van der Waals surface area contributed by atoms with Gasteiger partial charge in [-0.15, -0.1) is 0 Å². The quantitative estimate of drug-likeness (QED) is 0.895. The number of pyridine rings is 1. The molecular formula is C20H26N4O2. The number of nitrogens with zero attached hydrogens (tertiary/aromatic N) is 3. The third kappa shape index (κ3) is 4.18. The summed E-state index contributed by atoms with van der Waals surface area (Å²) in [7, 11) is 0. The van der Waals surface area contributed by atoms with Gasteiger partial charge < -0.3 is 9.88 Å². The number of likely N-dealkylation sites (tertiary alicyclic amines) is 1. The number of amides is 1. The summed E-state index contributed by atoms with van der Waals surface area (Å²) in [5.41, 5.74) is 1.62. The number of carbonyl (C=O) groups excluding carboxylic acids is 1. The van der Waals surface area contributed by atoms with Crippen LogP contribution in [0.1, 0.15) is 37.9 Å². The molecule has 3 heterocycles. The van der Waals surface area contributed by atoms with Crippen LogP contribution in [0, 0.1) is 18.8 Å². The third-order valence-corrected chi connectivity index (χ3v) is 4.95. The first kappa shape index (κ1) is 18.3. The molecule has 1 N–H and O–H groups in total. The molecule has 138 valence electrons. The first-order chi connectivity index (χ1) is 12.4. The van der Waals surface area contributed by atoms with Crippen LogP contribution >= 0.6 is 0 Å². The molecule has 1 fully saturated rings. The number of carbonyl (C=O) groups is 1. The van der Waals surface area contributed by atoms with Gasteiger partial charge in [0, 0.05) is 42.3 Å². The number of nitrogens with one attached hydrogen (secondary N) is 1. The van der Waals surface area contributed by atoms with Crippen LogP contribution in [0.5, 0.6) is 0 Å². The van der Waals surface area contributed by atoms with Gasteiger partial charge in [-0.1, -0.05) is 13.8 Å². The second kappa shape index (κ2) is 7.81. The molecule has 1 aliphatic heterocycles. The second-order valence-corrected chi connectivity index (χ2v) is 7.52. The van der Waals surface area contributed by atoms with Gasteiger partial charge in [-0.05, 0) is 43.7 Å². The zero-order valence-electron chi connectivity index (χ0n) is 15.7. The molecule has 0 aliphatic carbocycles. The van der Waals surface area contributed by atoms with Crippen LogP contribution in [0.25, 0.3) is 11.4 Å². The van der Waals surface area contributed by atoms with E-state index < -0.39 is 0 Å². The van der Waals surface area contributed by atoms with Crippen molar-refractivity contribution in [2.75, 3.05) is 13.1 Å². The molecule has 0 bridgehead atoms. The highest BCUT2D eigenvalue weighted by Crippen LogP contribution is 2.24. The molecule has 1 saturated heterocycles. The summed E-state index contributed by atoms with van der Waals surface area (Å²) in [6.07, 6.45) is 5.62. The molecule has 0 saturated carbocycles. The summed E-state index contributed by atoms with van der Waals surface area (Å²) in [6.45, 7) is 7.80. The lowest BCUT2D eigenvalue weighted by atomic mass is 9.97. The molecule has 6 nitrogen and oxygen atoms in total. The number of hydrogen-bond acceptors (Lipinski definition) is 4. The van der Waals surface area contributed by atoms with E-state index in [4.69, 9.17) is 0 Å². The lowest BCUT2D eigenvalue weighted by Gasteiger charge is -2.18. The molecule has 0 spiro atoms. The lowest BCUT2D eigenvalue weighted by Crippen LogP contribution is -2.32. The average molecular weight is 354 g/mol. The first-order valence-electron chi connectivity index (χ1n) is 9.22. The van der Waals surface area contributed by atoms with Crippen molar-refractivity contribution in [3.8, 4) is 11.4 Å². The largest absolute Gasteiger partial charge is 0.342 e. The highest BCUT2D eigenvalue weighted by molar-refractivity contribution is 5.79. The van der Waals surface area contributed by atoms with Gasteiger partial charge in [-0.2, -0.15) is 0 Å². The molecule has 2 aromatic heterocycles. The van der Waals surface area contributed by atoms with Crippen LogP contribution < -0.4 is 5.56 Å². The monoisotopic (exact) mass is 354 g/mol. The highest BCUT2D eigenvalue weighted by Gasteiger charge is 2.27. The van der Waals surface area contributed by atoms with Crippen LogP contribution in [-0.4, -0.2) is 38.8 Å². The number of aromatic nitrogens is 3. The Kier molecular flexibility index (Phi) is 5.49. The third-order valence-electron chi connectivity index (χ3n) is 4.95. The van der Waals surface area contributed by atoms with Crippen molar-refractivity contribution in [3.63, 3.8) is 0 Å². The van der Waals surface area contributed by atoms with E-state index in [1.165, 1.54) is 0 Å².